The number of quaternary nitrogens is 1. The molecule has 1 aromatic rings. The van der Waals surface area contributed by atoms with Gasteiger partial charge < -0.3 is 14.3 Å². The lowest BCUT2D eigenvalue weighted by atomic mass is 9.97. The zero-order chi connectivity index (χ0) is 16.4. The topological polar surface area (TPSA) is 46.5 Å². The van der Waals surface area contributed by atoms with Crippen molar-refractivity contribution < 1.29 is 19.1 Å². The molecule has 2 aliphatic rings. The molecule has 2 bridgehead atoms. The van der Waals surface area contributed by atoms with E-state index in [0.717, 1.165) is 29.3 Å². The lowest BCUT2D eigenvalue weighted by molar-refractivity contribution is -0.924. The maximum absolute atomic E-state index is 12.5. The van der Waals surface area contributed by atoms with E-state index < -0.39 is 5.92 Å². The van der Waals surface area contributed by atoms with Crippen molar-refractivity contribution in [2.45, 2.75) is 56.2 Å². The second-order valence-corrected chi connectivity index (χ2v) is 7.53. The number of carbonyl (C=O) groups excluding carboxylic acids is 1. The minimum Gasteiger partial charge on any atom is -0.462 e. The van der Waals surface area contributed by atoms with Crippen molar-refractivity contribution in [2.24, 2.45) is 0 Å². The number of hydrogen-bond donors (Lipinski definition) is 1. The van der Waals surface area contributed by atoms with Gasteiger partial charge in [0.1, 0.15) is 12.0 Å². The summed E-state index contributed by atoms with van der Waals surface area (Å²) in [6, 6.07) is 10.7. The number of rotatable bonds is 4. The van der Waals surface area contributed by atoms with Gasteiger partial charge in [-0.3, -0.25) is 4.79 Å². The summed E-state index contributed by atoms with van der Waals surface area (Å²) in [5, 5.41) is 9.62. The Bertz CT molecular complexity index is 543. The first-order chi connectivity index (χ1) is 11.0. The summed E-state index contributed by atoms with van der Waals surface area (Å²) < 4.78 is 6.88. The molecule has 126 valence electrons. The summed E-state index contributed by atoms with van der Waals surface area (Å²) in [6.07, 6.45) is 5.53. The molecular weight excluding hydrogens is 290 g/mol. The number of esters is 1. The van der Waals surface area contributed by atoms with Crippen molar-refractivity contribution in [1.29, 1.82) is 0 Å². The second-order valence-electron chi connectivity index (χ2n) is 7.53. The van der Waals surface area contributed by atoms with Gasteiger partial charge in [-0.1, -0.05) is 30.3 Å². The van der Waals surface area contributed by atoms with Crippen molar-refractivity contribution in [3.8, 4) is 0 Å². The average molecular weight is 318 g/mol. The molecule has 0 amide bonds. The smallest absolute Gasteiger partial charge is 0.316 e. The second kappa shape index (κ2) is 6.62. The molecule has 2 aliphatic heterocycles. The van der Waals surface area contributed by atoms with Crippen LogP contribution in [0.1, 0.15) is 43.6 Å². The standard InChI is InChI=1S/C19H28NO3/c1-20(2)15-8-9-16(20)12-17(11-10-15)23-19(22)18(13-21)14-6-4-3-5-7-14/h3-7,15-18,21H,8-13H2,1-2H3/q+1. The number of fused-ring (bicyclic) bond motifs is 2. The number of aliphatic hydroxyl groups is 1. The molecule has 0 saturated carbocycles. The molecule has 0 radical (unpaired) electrons. The highest BCUT2D eigenvalue weighted by atomic mass is 16.5. The number of aliphatic hydroxyl groups excluding tert-OH is 1. The predicted octanol–water partition coefficient (Wildman–Crippen LogP) is 2.47. The normalized spacial score (nSPS) is 30.5. The molecular formula is C19H28NO3+. The molecule has 0 spiro atoms. The van der Waals surface area contributed by atoms with E-state index in [-0.39, 0.29) is 18.7 Å². The Morgan fingerprint density at radius 1 is 1.17 bits per heavy atom. The van der Waals surface area contributed by atoms with Gasteiger partial charge in [-0.05, 0) is 12.0 Å². The van der Waals surface area contributed by atoms with Crippen molar-refractivity contribution in [2.75, 3.05) is 20.7 Å². The number of benzene rings is 1. The number of hydrogen-bond acceptors (Lipinski definition) is 3. The highest BCUT2D eigenvalue weighted by molar-refractivity contribution is 5.78. The van der Waals surface area contributed by atoms with E-state index in [0.29, 0.717) is 12.1 Å². The minimum absolute atomic E-state index is 0.00652. The first-order valence-corrected chi connectivity index (χ1v) is 8.72. The van der Waals surface area contributed by atoms with Gasteiger partial charge >= 0.3 is 5.97 Å². The van der Waals surface area contributed by atoms with E-state index in [2.05, 4.69) is 14.1 Å². The van der Waals surface area contributed by atoms with Crippen LogP contribution in [-0.4, -0.2) is 54.4 Å². The highest BCUT2D eigenvalue weighted by Gasteiger charge is 2.47. The quantitative estimate of drug-likeness (QED) is 0.685. The highest BCUT2D eigenvalue weighted by Crippen LogP contribution is 2.39. The summed E-state index contributed by atoms with van der Waals surface area (Å²) in [6.45, 7) is -0.205. The Kier molecular flexibility index (Phi) is 4.74. The fraction of sp³-hybridized carbons (Fsp3) is 0.632. The Labute approximate surface area is 138 Å². The van der Waals surface area contributed by atoms with E-state index in [1.165, 1.54) is 12.8 Å². The summed E-state index contributed by atoms with van der Waals surface area (Å²) in [5.74, 6) is -0.856. The Morgan fingerprint density at radius 3 is 2.52 bits per heavy atom. The third-order valence-electron chi connectivity index (χ3n) is 6.02. The van der Waals surface area contributed by atoms with E-state index in [1.807, 2.05) is 30.3 Å². The zero-order valence-corrected chi connectivity index (χ0v) is 14.1. The van der Waals surface area contributed by atoms with Crippen LogP contribution in [0.25, 0.3) is 0 Å². The van der Waals surface area contributed by atoms with Crippen LogP contribution in [0, 0.1) is 0 Å². The van der Waals surface area contributed by atoms with Crippen LogP contribution in [0.4, 0.5) is 0 Å². The van der Waals surface area contributed by atoms with Gasteiger partial charge in [0.2, 0.25) is 0 Å². The molecule has 3 rings (SSSR count). The maximum Gasteiger partial charge on any atom is 0.316 e. The van der Waals surface area contributed by atoms with E-state index in [1.54, 1.807) is 0 Å². The minimum atomic E-state index is -0.570. The van der Waals surface area contributed by atoms with Crippen LogP contribution in [0.5, 0.6) is 0 Å². The summed E-state index contributed by atoms with van der Waals surface area (Å²) in [7, 11) is 4.63. The maximum atomic E-state index is 12.5. The first-order valence-electron chi connectivity index (χ1n) is 8.72. The third kappa shape index (κ3) is 3.29. The fourth-order valence-corrected chi connectivity index (χ4v) is 4.37. The molecule has 23 heavy (non-hydrogen) atoms. The lowest BCUT2D eigenvalue weighted by Gasteiger charge is -2.36. The van der Waals surface area contributed by atoms with Crippen LogP contribution in [0.2, 0.25) is 0 Å². The van der Waals surface area contributed by atoms with Gasteiger partial charge in [0.15, 0.2) is 0 Å². The molecule has 2 saturated heterocycles. The Balaban J connectivity index is 1.66. The SMILES string of the molecule is C[N+]1(C)C2CCC(OC(=O)C(CO)c3ccccc3)CC1CC2. The van der Waals surface area contributed by atoms with E-state index >= 15 is 0 Å². The molecule has 0 aromatic heterocycles. The number of ether oxygens (including phenoxy) is 1. The molecule has 4 heteroatoms. The number of carbonyl (C=O) groups is 1. The van der Waals surface area contributed by atoms with Crippen molar-refractivity contribution in [3.05, 3.63) is 35.9 Å². The van der Waals surface area contributed by atoms with Crippen molar-refractivity contribution in [3.63, 3.8) is 0 Å². The first kappa shape index (κ1) is 16.5. The van der Waals surface area contributed by atoms with Crippen LogP contribution in [-0.2, 0) is 9.53 Å². The van der Waals surface area contributed by atoms with Crippen LogP contribution >= 0.6 is 0 Å². The van der Waals surface area contributed by atoms with Gasteiger partial charge in [-0.15, -0.1) is 0 Å². The average Bonchev–Trinajstić information content (AvgIpc) is 2.72. The largest absolute Gasteiger partial charge is 0.462 e. The summed E-state index contributed by atoms with van der Waals surface area (Å²) >= 11 is 0. The Morgan fingerprint density at radius 2 is 1.83 bits per heavy atom. The molecule has 2 heterocycles. The fourth-order valence-electron chi connectivity index (χ4n) is 4.37. The van der Waals surface area contributed by atoms with Gasteiger partial charge in [0.25, 0.3) is 0 Å². The molecule has 1 aromatic carbocycles. The Hall–Kier alpha value is -1.39. The molecule has 1 N–H and O–H groups in total. The van der Waals surface area contributed by atoms with Crippen LogP contribution in [0.3, 0.4) is 0 Å². The van der Waals surface area contributed by atoms with Crippen LogP contribution < -0.4 is 0 Å². The lowest BCUT2D eigenvalue weighted by Crippen LogP contribution is -2.49. The van der Waals surface area contributed by atoms with Gasteiger partial charge in [0.05, 0.1) is 32.8 Å². The van der Waals surface area contributed by atoms with Crippen molar-refractivity contribution in [1.82, 2.24) is 0 Å². The van der Waals surface area contributed by atoms with Crippen LogP contribution in [0.15, 0.2) is 30.3 Å². The zero-order valence-electron chi connectivity index (χ0n) is 14.1. The van der Waals surface area contributed by atoms with Gasteiger partial charge in [-0.2, -0.15) is 0 Å². The molecule has 4 atom stereocenters. The molecule has 4 nitrogen and oxygen atoms in total. The third-order valence-corrected chi connectivity index (χ3v) is 6.02. The summed E-state index contributed by atoms with van der Waals surface area (Å²) in [4.78, 5) is 12.5. The van der Waals surface area contributed by atoms with Gasteiger partial charge in [0, 0.05) is 25.7 Å². The molecule has 2 fully saturated rings. The summed E-state index contributed by atoms with van der Waals surface area (Å²) in [5.41, 5.74) is 0.825. The van der Waals surface area contributed by atoms with E-state index in [4.69, 9.17) is 4.74 Å². The predicted molar refractivity (Wildman–Crippen MR) is 88.9 cm³/mol. The number of nitrogens with zero attached hydrogens (tertiary/aromatic N) is 1. The van der Waals surface area contributed by atoms with Gasteiger partial charge in [-0.25, -0.2) is 0 Å². The van der Waals surface area contributed by atoms with E-state index in [9.17, 15) is 9.90 Å². The van der Waals surface area contributed by atoms with Crippen molar-refractivity contribution >= 4 is 5.97 Å². The molecule has 4 unspecified atom stereocenters. The monoisotopic (exact) mass is 318 g/mol. The molecule has 0 aliphatic carbocycles.